The van der Waals surface area contributed by atoms with Crippen molar-refractivity contribution >= 4 is 27.5 Å². The van der Waals surface area contributed by atoms with E-state index in [4.69, 9.17) is 11.6 Å². The molecule has 1 heterocycles. The first-order valence-electron chi connectivity index (χ1n) is 5.03. The Hall–Kier alpha value is -0.120. The molecule has 1 fully saturated rings. The summed E-state index contributed by atoms with van der Waals surface area (Å²) in [5, 5.41) is 3.49. The van der Waals surface area contributed by atoms with Gasteiger partial charge in [0.05, 0.1) is 5.02 Å². The average Bonchev–Trinajstić information content (AvgIpc) is 2.26. The molecule has 82 valence electrons. The minimum absolute atomic E-state index is 0.169. The molecule has 1 atom stereocenters. The lowest BCUT2D eigenvalue weighted by atomic mass is 9.92. The van der Waals surface area contributed by atoms with Gasteiger partial charge in [0.2, 0.25) is 0 Å². The number of halogens is 3. The molecule has 1 aromatic carbocycles. The number of piperidine rings is 1. The zero-order valence-corrected chi connectivity index (χ0v) is 10.5. The van der Waals surface area contributed by atoms with E-state index in [9.17, 15) is 4.39 Å². The van der Waals surface area contributed by atoms with Crippen LogP contribution >= 0.6 is 27.5 Å². The number of rotatable bonds is 1. The fraction of sp³-hybridized carbons (Fsp3) is 0.455. The molecule has 1 unspecified atom stereocenters. The molecule has 4 heteroatoms. The molecule has 0 spiro atoms. The fourth-order valence-corrected chi connectivity index (χ4v) is 2.51. The van der Waals surface area contributed by atoms with E-state index in [0.29, 0.717) is 10.4 Å². The summed E-state index contributed by atoms with van der Waals surface area (Å²) in [6, 6.07) is 3.47. The van der Waals surface area contributed by atoms with Crippen LogP contribution in [0.3, 0.4) is 0 Å². The summed E-state index contributed by atoms with van der Waals surface area (Å²) in [6.45, 7) is 1.99. The van der Waals surface area contributed by atoms with Crippen molar-refractivity contribution in [2.24, 2.45) is 0 Å². The summed E-state index contributed by atoms with van der Waals surface area (Å²) >= 11 is 9.02. The van der Waals surface area contributed by atoms with E-state index in [-0.39, 0.29) is 10.8 Å². The van der Waals surface area contributed by atoms with Gasteiger partial charge in [0.1, 0.15) is 5.82 Å². The van der Waals surface area contributed by atoms with Crippen LogP contribution in [0.15, 0.2) is 16.6 Å². The molecule has 0 radical (unpaired) electrons. The second-order valence-electron chi connectivity index (χ2n) is 3.84. The smallest absolute Gasteiger partial charge is 0.143 e. The quantitative estimate of drug-likeness (QED) is 0.778. The van der Waals surface area contributed by atoms with Gasteiger partial charge in [-0.3, -0.25) is 0 Å². The Bertz CT molecular complexity index is 341. The van der Waals surface area contributed by atoms with Gasteiger partial charge in [-0.15, -0.1) is 0 Å². The number of nitrogens with one attached hydrogen (secondary N) is 1. The van der Waals surface area contributed by atoms with E-state index in [1.165, 1.54) is 0 Å². The Morgan fingerprint density at radius 2 is 2.27 bits per heavy atom. The second kappa shape index (κ2) is 4.81. The van der Waals surface area contributed by atoms with Crippen molar-refractivity contribution in [2.45, 2.75) is 18.8 Å². The fourth-order valence-electron chi connectivity index (χ4n) is 1.95. The summed E-state index contributed by atoms with van der Waals surface area (Å²) in [5.41, 5.74) is 1.02. The average molecular weight is 293 g/mol. The molecule has 15 heavy (non-hydrogen) atoms. The number of benzene rings is 1. The van der Waals surface area contributed by atoms with Gasteiger partial charge >= 0.3 is 0 Å². The molecule has 1 aliphatic heterocycles. The zero-order chi connectivity index (χ0) is 10.8. The molecule has 1 saturated heterocycles. The van der Waals surface area contributed by atoms with E-state index in [0.717, 1.165) is 31.5 Å². The van der Waals surface area contributed by atoms with Crippen LogP contribution in [0.5, 0.6) is 0 Å². The topological polar surface area (TPSA) is 12.0 Å². The van der Waals surface area contributed by atoms with Gasteiger partial charge in [-0.1, -0.05) is 11.6 Å². The van der Waals surface area contributed by atoms with Gasteiger partial charge in [0.15, 0.2) is 0 Å². The van der Waals surface area contributed by atoms with Gasteiger partial charge in [0.25, 0.3) is 0 Å². The van der Waals surface area contributed by atoms with Crippen LogP contribution in [-0.2, 0) is 0 Å². The van der Waals surface area contributed by atoms with Gasteiger partial charge in [-0.2, -0.15) is 0 Å². The van der Waals surface area contributed by atoms with Crippen molar-refractivity contribution in [2.75, 3.05) is 13.1 Å². The lowest BCUT2D eigenvalue weighted by Crippen LogP contribution is -2.28. The van der Waals surface area contributed by atoms with Gasteiger partial charge in [0, 0.05) is 11.0 Å². The molecule has 1 aromatic rings. The Balaban J connectivity index is 2.27. The Kier molecular flexibility index (Phi) is 3.65. The molecule has 1 N–H and O–H groups in total. The van der Waals surface area contributed by atoms with E-state index in [2.05, 4.69) is 21.2 Å². The lowest BCUT2D eigenvalue weighted by Gasteiger charge is -2.23. The van der Waals surface area contributed by atoms with Crippen LogP contribution in [0, 0.1) is 5.82 Å². The molecule has 0 aromatic heterocycles. The van der Waals surface area contributed by atoms with Crippen molar-refractivity contribution < 1.29 is 4.39 Å². The van der Waals surface area contributed by atoms with Crippen LogP contribution in [0.4, 0.5) is 4.39 Å². The predicted molar refractivity (Wildman–Crippen MR) is 64.0 cm³/mol. The molecule has 2 rings (SSSR count). The van der Waals surface area contributed by atoms with Gasteiger partial charge in [-0.05, 0) is 58.9 Å². The molecular formula is C11H12BrClFN. The van der Waals surface area contributed by atoms with Crippen LogP contribution in [-0.4, -0.2) is 13.1 Å². The maximum Gasteiger partial charge on any atom is 0.143 e. The highest BCUT2D eigenvalue weighted by Crippen LogP contribution is 2.32. The molecule has 0 aliphatic carbocycles. The zero-order valence-electron chi connectivity index (χ0n) is 8.19. The largest absolute Gasteiger partial charge is 0.316 e. The second-order valence-corrected chi connectivity index (χ2v) is 5.07. The lowest BCUT2D eigenvalue weighted by molar-refractivity contribution is 0.459. The monoisotopic (exact) mass is 291 g/mol. The molecule has 0 saturated carbocycles. The summed E-state index contributed by atoms with van der Waals surface area (Å²) < 4.78 is 14.1. The van der Waals surface area contributed by atoms with Crippen molar-refractivity contribution in [3.8, 4) is 0 Å². The van der Waals surface area contributed by atoms with E-state index < -0.39 is 0 Å². The SMILES string of the molecule is Fc1cc(C2CCCNC2)cc(Br)c1Cl. The highest BCUT2D eigenvalue weighted by atomic mass is 79.9. The molecule has 1 nitrogen and oxygen atoms in total. The van der Waals surface area contributed by atoms with Gasteiger partial charge in [-0.25, -0.2) is 4.39 Å². The summed E-state index contributed by atoms with van der Waals surface area (Å²) in [4.78, 5) is 0. The standard InChI is InChI=1S/C11H12BrClFN/c12-9-4-8(5-10(14)11(9)13)7-2-1-3-15-6-7/h4-5,7,15H,1-3,6H2. The third-order valence-electron chi connectivity index (χ3n) is 2.77. The van der Waals surface area contributed by atoms with Crippen LogP contribution < -0.4 is 5.32 Å². The van der Waals surface area contributed by atoms with E-state index >= 15 is 0 Å². The number of hydrogen-bond donors (Lipinski definition) is 1. The summed E-state index contributed by atoms with van der Waals surface area (Å²) in [5.74, 6) is 0.0634. The first-order valence-corrected chi connectivity index (χ1v) is 6.20. The third kappa shape index (κ3) is 2.52. The Morgan fingerprint density at radius 3 is 2.87 bits per heavy atom. The third-order valence-corrected chi connectivity index (χ3v) is 4.01. The molecule has 0 amide bonds. The first kappa shape index (κ1) is 11.4. The maximum atomic E-state index is 13.4. The van der Waals surface area contributed by atoms with Crippen molar-refractivity contribution in [1.82, 2.24) is 5.32 Å². The molecule has 1 aliphatic rings. The van der Waals surface area contributed by atoms with Crippen molar-refractivity contribution in [3.05, 3.63) is 33.0 Å². The van der Waals surface area contributed by atoms with Crippen LogP contribution in [0.25, 0.3) is 0 Å². The Morgan fingerprint density at radius 1 is 1.47 bits per heavy atom. The maximum absolute atomic E-state index is 13.4. The Labute approximate surface area is 102 Å². The molecular weight excluding hydrogens is 280 g/mol. The van der Waals surface area contributed by atoms with E-state index in [1.807, 2.05) is 6.07 Å². The summed E-state index contributed by atoms with van der Waals surface area (Å²) in [6.07, 6.45) is 2.26. The highest BCUT2D eigenvalue weighted by molar-refractivity contribution is 9.10. The minimum Gasteiger partial charge on any atom is -0.316 e. The minimum atomic E-state index is -0.341. The number of hydrogen-bond acceptors (Lipinski definition) is 1. The summed E-state index contributed by atoms with van der Waals surface area (Å²) in [7, 11) is 0. The van der Waals surface area contributed by atoms with Crippen molar-refractivity contribution in [1.29, 1.82) is 0 Å². The predicted octanol–water partition coefficient (Wildman–Crippen LogP) is 3.71. The van der Waals surface area contributed by atoms with Crippen LogP contribution in [0.2, 0.25) is 5.02 Å². The normalized spacial score (nSPS) is 21.7. The van der Waals surface area contributed by atoms with Crippen LogP contribution in [0.1, 0.15) is 24.3 Å². The first-order chi connectivity index (χ1) is 7.18. The van der Waals surface area contributed by atoms with Gasteiger partial charge < -0.3 is 5.32 Å². The highest BCUT2D eigenvalue weighted by Gasteiger charge is 2.17. The molecule has 0 bridgehead atoms. The van der Waals surface area contributed by atoms with Crippen molar-refractivity contribution in [3.63, 3.8) is 0 Å². The van der Waals surface area contributed by atoms with E-state index in [1.54, 1.807) is 6.07 Å².